The van der Waals surface area contributed by atoms with E-state index in [0.29, 0.717) is 5.56 Å². The summed E-state index contributed by atoms with van der Waals surface area (Å²) in [6, 6.07) is 2.21. The fraction of sp³-hybridized carbons (Fsp3) is 0.615. The molecule has 1 aliphatic carbocycles. The van der Waals surface area contributed by atoms with Crippen molar-refractivity contribution in [1.29, 1.82) is 5.26 Å². The Labute approximate surface area is 111 Å². The molecule has 2 atom stereocenters. The van der Waals surface area contributed by atoms with Crippen LogP contribution in [-0.4, -0.2) is 29.3 Å². The highest BCUT2D eigenvalue weighted by molar-refractivity contribution is 7.98. The van der Waals surface area contributed by atoms with E-state index >= 15 is 0 Å². The van der Waals surface area contributed by atoms with Gasteiger partial charge < -0.3 is 4.90 Å². The molecule has 0 radical (unpaired) electrons. The van der Waals surface area contributed by atoms with Crippen LogP contribution in [0.15, 0.2) is 11.4 Å². The second-order valence-electron chi connectivity index (χ2n) is 5.06. The molecular formula is C13H16N4S. The summed E-state index contributed by atoms with van der Waals surface area (Å²) in [5, 5.41) is 9.93. The third kappa shape index (κ3) is 1.95. The van der Waals surface area contributed by atoms with Crippen LogP contribution in [0.2, 0.25) is 0 Å². The summed E-state index contributed by atoms with van der Waals surface area (Å²) in [6.07, 6.45) is 7.66. The van der Waals surface area contributed by atoms with Crippen molar-refractivity contribution in [3.63, 3.8) is 0 Å². The van der Waals surface area contributed by atoms with Crippen LogP contribution in [-0.2, 0) is 0 Å². The van der Waals surface area contributed by atoms with Gasteiger partial charge in [-0.1, -0.05) is 18.2 Å². The van der Waals surface area contributed by atoms with Crippen molar-refractivity contribution in [3.05, 3.63) is 11.8 Å². The first-order chi connectivity index (χ1) is 8.81. The molecule has 0 aromatic carbocycles. The van der Waals surface area contributed by atoms with E-state index in [2.05, 4.69) is 20.9 Å². The smallest absolute Gasteiger partial charge is 0.189 e. The molecule has 0 N–H and O–H groups in total. The number of fused-ring (bicyclic) bond motifs is 1. The highest BCUT2D eigenvalue weighted by atomic mass is 32.2. The van der Waals surface area contributed by atoms with E-state index in [0.717, 1.165) is 35.9 Å². The number of nitriles is 1. The molecule has 1 aromatic rings. The zero-order valence-corrected chi connectivity index (χ0v) is 11.3. The summed E-state index contributed by atoms with van der Waals surface area (Å²) in [4.78, 5) is 11.0. The average Bonchev–Trinajstić information content (AvgIpc) is 2.98. The third-order valence-electron chi connectivity index (χ3n) is 4.08. The number of anilines is 1. The summed E-state index contributed by atoms with van der Waals surface area (Å²) in [5.41, 5.74) is 0.604. The summed E-state index contributed by atoms with van der Waals surface area (Å²) in [5.74, 6) is 2.46. The van der Waals surface area contributed by atoms with E-state index in [4.69, 9.17) is 0 Å². The molecule has 1 saturated heterocycles. The topological polar surface area (TPSA) is 52.8 Å². The maximum absolute atomic E-state index is 9.18. The molecule has 5 heteroatoms. The summed E-state index contributed by atoms with van der Waals surface area (Å²) >= 11 is 1.52. The number of hydrogen-bond acceptors (Lipinski definition) is 5. The molecule has 2 heterocycles. The Bertz CT molecular complexity index is 484. The first kappa shape index (κ1) is 11.8. The monoisotopic (exact) mass is 260 g/mol. The molecule has 1 aromatic heterocycles. The average molecular weight is 260 g/mol. The van der Waals surface area contributed by atoms with E-state index in [1.165, 1.54) is 31.0 Å². The molecule has 2 aliphatic rings. The third-order valence-corrected chi connectivity index (χ3v) is 4.64. The van der Waals surface area contributed by atoms with Crippen molar-refractivity contribution >= 4 is 17.6 Å². The van der Waals surface area contributed by atoms with Crippen LogP contribution in [0.1, 0.15) is 24.8 Å². The minimum absolute atomic E-state index is 0.604. The van der Waals surface area contributed by atoms with Crippen molar-refractivity contribution < 1.29 is 0 Å². The van der Waals surface area contributed by atoms with Crippen LogP contribution in [0.4, 0.5) is 5.82 Å². The van der Waals surface area contributed by atoms with Crippen LogP contribution >= 0.6 is 11.8 Å². The fourth-order valence-corrected chi connectivity index (χ4v) is 3.52. The minimum atomic E-state index is 0.604. The van der Waals surface area contributed by atoms with Crippen LogP contribution in [0.3, 0.4) is 0 Å². The second-order valence-corrected chi connectivity index (χ2v) is 5.84. The fourth-order valence-electron chi connectivity index (χ4n) is 3.18. The summed E-state index contributed by atoms with van der Waals surface area (Å²) in [6.45, 7) is 2.12. The first-order valence-electron chi connectivity index (χ1n) is 6.38. The van der Waals surface area contributed by atoms with E-state index in [1.54, 1.807) is 6.20 Å². The van der Waals surface area contributed by atoms with Gasteiger partial charge in [-0.25, -0.2) is 9.97 Å². The van der Waals surface area contributed by atoms with Gasteiger partial charge in [-0.15, -0.1) is 0 Å². The number of rotatable bonds is 2. The van der Waals surface area contributed by atoms with Crippen LogP contribution < -0.4 is 4.90 Å². The van der Waals surface area contributed by atoms with Gasteiger partial charge in [-0.2, -0.15) is 5.26 Å². The zero-order valence-electron chi connectivity index (χ0n) is 10.5. The Hall–Kier alpha value is -1.28. The molecule has 18 heavy (non-hydrogen) atoms. The lowest BCUT2D eigenvalue weighted by Crippen LogP contribution is -2.23. The molecule has 4 nitrogen and oxygen atoms in total. The molecule has 0 bridgehead atoms. The maximum atomic E-state index is 9.18. The van der Waals surface area contributed by atoms with Crippen LogP contribution in [0, 0.1) is 23.2 Å². The van der Waals surface area contributed by atoms with Crippen molar-refractivity contribution in [1.82, 2.24) is 9.97 Å². The molecule has 94 valence electrons. The minimum Gasteiger partial charge on any atom is -0.355 e. The van der Waals surface area contributed by atoms with Crippen LogP contribution in [0.25, 0.3) is 0 Å². The quantitative estimate of drug-likeness (QED) is 0.603. The van der Waals surface area contributed by atoms with Crippen molar-refractivity contribution in [2.24, 2.45) is 11.8 Å². The van der Waals surface area contributed by atoms with Gasteiger partial charge in [0.25, 0.3) is 0 Å². The van der Waals surface area contributed by atoms with Crippen LogP contribution in [0.5, 0.6) is 0 Å². The Kier molecular flexibility index (Phi) is 3.13. The molecule has 2 fully saturated rings. The number of nitrogens with zero attached hydrogens (tertiary/aromatic N) is 4. The van der Waals surface area contributed by atoms with Crippen molar-refractivity contribution in [2.45, 2.75) is 24.4 Å². The lowest BCUT2D eigenvalue weighted by atomic mass is 10.0. The first-order valence-corrected chi connectivity index (χ1v) is 7.60. The van der Waals surface area contributed by atoms with Gasteiger partial charge in [0.15, 0.2) is 11.0 Å². The van der Waals surface area contributed by atoms with E-state index < -0.39 is 0 Å². The lowest BCUT2D eigenvalue weighted by Gasteiger charge is -2.19. The van der Waals surface area contributed by atoms with E-state index in [-0.39, 0.29) is 0 Å². The molecule has 3 rings (SSSR count). The molecule has 1 aliphatic heterocycles. The lowest BCUT2D eigenvalue weighted by molar-refractivity contribution is 0.494. The van der Waals surface area contributed by atoms with Gasteiger partial charge in [0.2, 0.25) is 0 Å². The largest absolute Gasteiger partial charge is 0.355 e. The van der Waals surface area contributed by atoms with Gasteiger partial charge in [-0.05, 0) is 30.9 Å². The Morgan fingerprint density at radius 2 is 2.11 bits per heavy atom. The number of aromatic nitrogens is 2. The van der Waals surface area contributed by atoms with E-state index in [9.17, 15) is 5.26 Å². The predicted octanol–water partition coefficient (Wildman–Crippen LogP) is 2.31. The molecule has 0 spiro atoms. The Morgan fingerprint density at radius 3 is 2.72 bits per heavy atom. The SMILES string of the molecule is CSc1ncc(C#N)c(N2CC3CCCC3C2)n1. The molecule has 2 unspecified atom stereocenters. The number of hydrogen-bond donors (Lipinski definition) is 0. The van der Waals surface area contributed by atoms with Gasteiger partial charge in [-0.3, -0.25) is 0 Å². The molecule has 0 amide bonds. The molecular weight excluding hydrogens is 244 g/mol. The van der Waals surface area contributed by atoms with Crippen molar-refractivity contribution in [2.75, 3.05) is 24.2 Å². The second kappa shape index (κ2) is 4.77. The normalized spacial score (nSPS) is 26.1. The molecule has 1 saturated carbocycles. The Balaban J connectivity index is 1.89. The van der Waals surface area contributed by atoms with Gasteiger partial charge in [0.05, 0.1) is 6.20 Å². The Morgan fingerprint density at radius 1 is 1.39 bits per heavy atom. The highest BCUT2D eigenvalue weighted by Gasteiger charge is 2.37. The van der Waals surface area contributed by atoms with E-state index in [1.807, 2.05) is 6.26 Å². The predicted molar refractivity (Wildman–Crippen MR) is 71.6 cm³/mol. The zero-order chi connectivity index (χ0) is 12.5. The summed E-state index contributed by atoms with van der Waals surface area (Å²) in [7, 11) is 0. The van der Waals surface area contributed by atoms with Gasteiger partial charge >= 0.3 is 0 Å². The highest BCUT2D eigenvalue weighted by Crippen LogP contribution is 2.39. The number of thioether (sulfide) groups is 1. The van der Waals surface area contributed by atoms with Gasteiger partial charge in [0, 0.05) is 13.1 Å². The standard InChI is InChI=1S/C13H16N4S/c1-18-13-15-6-11(5-14)12(16-13)17-7-9-3-2-4-10(9)8-17/h6,9-10H,2-4,7-8H2,1H3. The maximum Gasteiger partial charge on any atom is 0.189 e. The summed E-state index contributed by atoms with van der Waals surface area (Å²) < 4.78 is 0. The van der Waals surface area contributed by atoms with Gasteiger partial charge in [0.1, 0.15) is 11.6 Å². The van der Waals surface area contributed by atoms with Crippen molar-refractivity contribution in [3.8, 4) is 6.07 Å².